The predicted octanol–water partition coefficient (Wildman–Crippen LogP) is 8.61. The summed E-state index contributed by atoms with van der Waals surface area (Å²) in [5.41, 5.74) is 5.62. The smallest absolute Gasteiger partial charge is 0.324 e. The lowest BCUT2D eigenvalue weighted by Crippen LogP contribution is -2.38. The van der Waals surface area contributed by atoms with Crippen molar-refractivity contribution in [1.29, 1.82) is 0 Å². The number of fused-ring (bicyclic) bond motifs is 2. The fourth-order valence-electron chi connectivity index (χ4n) is 6.21. The zero-order valence-corrected chi connectivity index (χ0v) is 31.6. The first-order valence-corrected chi connectivity index (χ1v) is 19.0. The number of amides is 2. The summed E-state index contributed by atoms with van der Waals surface area (Å²) in [6.07, 6.45) is 1.64. The molecule has 1 aliphatic rings. The lowest BCUT2D eigenvalue weighted by atomic mass is 9.92. The number of rotatable bonds is 11. The van der Waals surface area contributed by atoms with Crippen LogP contribution in [0.15, 0.2) is 103 Å². The number of benzene rings is 4. The van der Waals surface area contributed by atoms with E-state index in [1.54, 1.807) is 28.3 Å². The Morgan fingerprint density at radius 2 is 1.73 bits per heavy atom. The van der Waals surface area contributed by atoms with Gasteiger partial charge in [0.15, 0.2) is 0 Å². The first-order valence-electron chi connectivity index (χ1n) is 18.1. The van der Waals surface area contributed by atoms with E-state index in [9.17, 15) is 4.79 Å². The molecule has 0 unspecified atom stereocenters. The highest BCUT2D eigenvalue weighted by molar-refractivity contribution is 7.16. The van der Waals surface area contributed by atoms with Gasteiger partial charge in [-0.25, -0.2) is 19.4 Å². The Labute approximate surface area is 322 Å². The molecule has 0 atom stereocenters. The molecule has 0 bridgehead atoms. The van der Waals surface area contributed by atoms with Gasteiger partial charge in [-0.1, -0.05) is 45.0 Å². The van der Waals surface area contributed by atoms with Crippen LogP contribution in [0, 0.1) is 0 Å². The van der Waals surface area contributed by atoms with Gasteiger partial charge in [-0.05, 0) is 54.6 Å². The van der Waals surface area contributed by atoms with Crippen molar-refractivity contribution in [1.82, 2.24) is 29.6 Å². The molecule has 13 nitrogen and oxygen atoms in total. The number of nitrogens with zero attached hydrogens (tertiary/aromatic N) is 6. The summed E-state index contributed by atoms with van der Waals surface area (Å²) < 4.78 is 20.6. The molecule has 1 saturated heterocycles. The average molecular weight is 756 g/mol. The number of morpholine rings is 1. The molecule has 14 heteroatoms. The summed E-state index contributed by atoms with van der Waals surface area (Å²) in [7, 11) is 0. The van der Waals surface area contributed by atoms with Crippen LogP contribution in [-0.2, 0) is 10.2 Å². The van der Waals surface area contributed by atoms with Crippen LogP contribution in [0.1, 0.15) is 26.5 Å². The number of hydrogen-bond acceptors (Lipinski definition) is 11. The Bertz CT molecular complexity index is 2440. The van der Waals surface area contributed by atoms with E-state index in [-0.39, 0.29) is 5.41 Å². The van der Waals surface area contributed by atoms with Crippen LogP contribution in [-0.4, -0.2) is 75.1 Å². The van der Waals surface area contributed by atoms with E-state index in [2.05, 4.69) is 56.6 Å². The molecule has 1 fully saturated rings. The average Bonchev–Trinajstić information content (AvgIpc) is 3.84. The van der Waals surface area contributed by atoms with Crippen molar-refractivity contribution in [2.24, 2.45) is 0 Å². The van der Waals surface area contributed by atoms with Crippen molar-refractivity contribution in [2.75, 3.05) is 55.4 Å². The van der Waals surface area contributed by atoms with E-state index in [4.69, 9.17) is 19.3 Å². The van der Waals surface area contributed by atoms with Gasteiger partial charge in [0.1, 0.15) is 23.9 Å². The third kappa shape index (κ3) is 8.51. The Morgan fingerprint density at radius 3 is 2.55 bits per heavy atom. The molecule has 1 aliphatic heterocycles. The Morgan fingerprint density at radius 1 is 0.909 bits per heavy atom. The molecule has 0 radical (unpaired) electrons. The SMILES string of the molecule is CC(C)(C)c1cc(NC(=O)Nc2ccc(Oc3ccnc(Nc4ccc5ncsc5c4)n3)c3ccccc23)n(-c2ccc(OCCN3CCOCC3)cc2)n1. The number of carbonyl (C=O) groups excluding carboxylic acids is 1. The van der Waals surface area contributed by atoms with Gasteiger partial charge < -0.3 is 24.8 Å². The summed E-state index contributed by atoms with van der Waals surface area (Å²) >= 11 is 1.57. The standard InChI is InChI=1S/C41H41N9O4S/c1-41(2,3)36-25-37(50(48-36)28-9-11-29(12-10-28)53-23-20-49-18-21-52-22-19-49)46-40(51)45-32-14-15-34(31-7-5-4-6-30(31)32)54-38-16-17-42-39(47-38)44-27-8-13-33-35(24-27)55-26-43-33/h4-17,24-26H,18-23H2,1-3H3,(H,42,44,47)(H2,45,46,51). The molecule has 0 spiro atoms. The quantitative estimate of drug-likeness (QED) is 0.118. The highest BCUT2D eigenvalue weighted by atomic mass is 32.1. The van der Waals surface area contributed by atoms with Gasteiger partial charge in [-0.3, -0.25) is 10.2 Å². The fourth-order valence-corrected chi connectivity index (χ4v) is 6.92. The summed E-state index contributed by atoms with van der Waals surface area (Å²) in [6.45, 7) is 11.1. The van der Waals surface area contributed by atoms with E-state index in [1.165, 1.54) is 0 Å². The number of urea groups is 1. The number of carbonyl (C=O) groups is 1. The normalized spacial score (nSPS) is 13.5. The Balaban J connectivity index is 0.963. The van der Waals surface area contributed by atoms with Gasteiger partial charge in [0.05, 0.1) is 46.0 Å². The van der Waals surface area contributed by atoms with Crippen molar-refractivity contribution < 1.29 is 19.0 Å². The number of thiazole rings is 1. The van der Waals surface area contributed by atoms with Crippen LogP contribution < -0.4 is 25.4 Å². The second-order valence-corrected chi connectivity index (χ2v) is 15.0. The van der Waals surface area contributed by atoms with E-state index >= 15 is 0 Å². The van der Waals surface area contributed by atoms with Crippen molar-refractivity contribution in [3.63, 3.8) is 0 Å². The van der Waals surface area contributed by atoms with E-state index in [0.717, 1.165) is 76.7 Å². The molecule has 3 aromatic heterocycles. The first kappa shape index (κ1) is 35.9. The van der Waals surface area contributed by atoms with Gasteiger partial charge in [0.2, 0.25) is 11.8 Å². The van der Waals surface area contributed by atoms with E-state index in [1.807, 2.05) is 90.4 Å². The molecule has 0 saturated carbocycles. The lowest BCUT2D eigenvalue weighted by Gasteiger charge is -2.26. The minimum atomic E-state index is -0.411. The van der Waals surface area contributed by atoms with Crippen molar-refractivity contribution >= 4 is 61.5 Å². The van der Waals surface area contributed by atoms with Crippen LogP contribution in [0.5, 0.6) is 17.4 Å². The summed E-state index contributed by atoms with van der Waals surface area (Å²) in [4.78, 5) is 29.3. The zero-order valence-electron chi connectivity index (χ0n) is 30.8. The Hall–Kier alpha value is -6.09. The molecule has 280 valence electrons. The zero-order chi connectivity index (χ0) is 37.8. The molecule has 3 N–H and O–H groups in total. The number of nitrogens with one attached hydrogen (secondary N) is 3. The third-order valence-corrected chi connectivity index (χ3v) is 9.94. The number of aromatic nitrogens is 5. The highest BCUT2D eigenvalue weighted by Crippen LogP contribution is 2.35. The van der Waals surface area contributed by atoms with Crippen LogP contribution in [0.2, 0.25) is 0 Å². The van der Waals surface area contributed by atoms with Crippen LogP contribution >= 0.6 is 11.3 Å². The van der Waals surface area contributed by atoms with Crippen LogP contribution in [0.25, 0.3) is 26.7 Å². The molecule has 2 amide bonds. The maximum Gasteiger partial charge on any atom is 0.324 e. The van der Waals surface area contributed by atoms with E-state index < -0.39 is 6.03 Å². The number of ether oxygens (including phenoxy) is 3. The topological polar surface area (TPSA) is 141 Å². The molecule has 4 aromatic carbocycles. The molecular formula is C41H41N9O4S. The summed E-state index contributed by atoms with van der Waals surface area (Å²) in [5, 5.41) is 15.8. The number of anilines is 4. The molecule has 4 heterocycles. The highest BCUT2D eigenvalue weighted by Gasteiger charge is 2.22. The molecule has 55 heavy (non-hydrogen) atoms. The summed E-state index contributed by atoms with van der Waals surface area (Å²) in [6, 6.07) is 28.2. The predicted molar refractivity (Wildman–Crippen MR) is 217 cm³/mol. The van der Waals surface area contributed by atoms with Gasteiger partial charge in [0, 0.05) is 59.8 Å². The second-order valence-electron chi connectivity index (χ2n) is 14.1. The molecular weight excluding hydrogens is 715 g/mol. The van der Waals surface area contributed by atoms with Crippen molar-refractivity contribution in [3.05, 3.63) is 108 Å². The van der Waals surface area contributed by atoms with Gasteiger partial charge >= 0.3 is 6.03 Å². The molecule has 0 aliphatic carbocycles. The van der Waals surface area contributed by atoms with Gasteiger partial charge in [-0.15, -0.1) is 11.3 Å². The number of hydrogen-bond donors (Lipinski definition) is 3. The van der Waals surface area contributed by atoms with Gasteiger partial charge in [-0.2, -0.15) is 10.1 Å². The molecule has 8 rings (SSSR count). The first-order chi connectivity index (χ1) is 26.7. The summed E-state index contributed by atoms with van der Waals surface area (Å²) in [5.74, 6) is 2.66. The largest absolute Gasteiger partial charge is 0.492 e. The van der Waals surface area contributed by atoms with Crippen LogP contribution in [0.4, 0.5) is 27.9 Å². The fraction of sp³-hybridized carbons (Fsp3) is 0.244. The van der Waals surface area contributed by atoms with Crippen LogP contribution in [0.3, 0.4) is 0 Å². The van der Waals surface area contributed by atoms with Crippen molar-refractivity contribution in [2.45, 2.75) is 26.2 Å². The monoisotopic (exact) mass is 755 g/mol. The minimum Gasteiger partial charge on any atom is -0.492 e. The second kappa shape index (κ2) is 15.7. The maximum atomic E-state index is 13.6. The molecule has 7 aromatic rings. The van der Waals surface area contributed by atoms with Crippen molar-refractivity contribution in [3.8, 4) is 23.1 Å². The van der Waals surface area contributed by atoms with Gasteiger partial charge in [0.25, 0.3) is 0 Å². The third-order valence-electron chi connectivity index (χ3n) is 9.14. The lowest BCUT2D eigenvalue weighted by molar-refractivity contribution is 0.0322. The van der Waals surface area contributed by atoms with E-state index in [0.29, 0.717) is 35.7 Å². The Kier molecular flexibility index (Phi) is 10.3. The minimum absolute atomic E-state index is 0.247. The maximum absolute atomic E-state index is 13.6.